The van der Waals surface area contributed by atoms with E-state index in [0.29, 0.717) is 35.7 Å². The Hall–Kier alpha value is -3.35. The third kappa shape index (κ3) is 4.74. The smallest absolute Gasteiger partial charge is 0.251 e. The zero-order valence-corrected chi connectivity index (χ0v) is 16.8. The highest BCUT2D eigenvalue weighted by Crippen LogP contribution is 2.33. The highest BCUT2D eigenvalue weighted by atomic mass is 16.5. The molecule has 2 aromatic rings. The summed E-state index contributed by atoms with van der Waals surface area (Å²) in [4.78, 5) is 38.5. The van der Waals surface area contributed by atoms with Crippen LogP contribution in [0.2, 0.25) is 0 Å². The van der Waals surface area contributed by atoms with E-state index in [1.54, 1.807) is 48.2 Å². The van der Waals surface area contributed by atoms with Gasteiger partial charge in [-0.05, 0) is 44.5 Å². The Morgan fingerprint density at radius 1 is 1.17 bits per heavy atom. The average Bonchev–Trinajstić information content (AvgIpc) is 3.13. The molecule has 0 bridgehead atoms. The number of nitrogens with one attached hydrogen (secondary N) is 2. The van der Waals surface area contributed by atoms with Crippen molar-refractivity contribution in [1.29, 1.82) is 0 Å². The first-order chi connectivity index (χ1) is 13.9. The average molecular weight is 395 g/mol. The number of benzene rings is 2. The van der Waals surface area contributed by atoms with Crippen molar-refractivity contribution in [2.24, 2.45) is 0 Å². The van der Waals surface area contributed by atoms with Gasteiger partial charge in [0.25, 0.3) is 5.91 Å². The largest absolute Gasteiger partial charge is 0.494 e. The summed E-state index contributed by atoms with van der Waals surface area (Å²) in [6.45, 7) is 4.18. The van der Waals surface area contributed by atoms with Crippen molar-refractivity contribution >= 4 is 29.1 Å². The first kappa shape index (κ1) is 20.4. The van der Waals surface area contributed by atoms with Gasteiger partial charge in [-0.3, -0.25) is 14.4 Å². The topological polar surface area (TPSA) is 87.7 Å². The molecule has 1 atom stereocenters. The van der Waals surface area contributed by atoms with E-state index in [-0.39, 0.29) is 17.7 Å². The van der Waals surface area contributed by atoms with E-state index in [1.807, 2.05) is 13.0 Å². The summed E-state index contributed by atoms with van der Waals surface area (Å²) in [6, 6.07) is 11.6. The molecule has 7 nitrogen and oxygen atoms in total. The molecule has 1 heterocycles. The van der Waals surface area contributed by atoms with E-state index in [2.05, 4.69) is 10.6 Å². The highest BCUT2D eigenvalue weighted by molar-refractivity contribution is 6.01. The summed E-state index contributed by atoms with van der Waals surface area (Å²) in [6.07, 6.45) is 1.35. The minimum Gasteiger partial charge on any atom is -0.494 e. The number of carbonyl (C=O) groups is 3. The maximum Gasteiger partial charge on any atom is 0.251 e. The molecule has 0 aliphatic carbocycles. The van der Waals surface area contributed by atoms with Crippen molar-refractivity contribution in [1.82, 2.24) is 5.32 Å². The number of aryl methyl sites for hydroxylation is 1. The second kappa shape index (κ2) is 8.77. The molecule has 1 fully saturated rings. The maximum atomic E-state index is 12.5. The molecule has 1 aliphatic heterocycles. The molecular formula is C22H25N3O4. The predicted octanol–water partition coefficient (Wildman–Crippen LogP) is 2.89. The number of nitrogens with zero attached hydrogens (tertiary/aromatic N) is 1. The lowest BCUT2D eigenvalue weighted by molar-refractivity contribution is -0.118. The maximum absolute atomic E-state index is 12.5. The molecule has 7 heteroatoms. The summed E-state index contributed by atoms with van der Waals surface area (Å²) in [5.74, 6) is -0.0862. The van der Waals surface area contributed by atoms with Crippen LogP contribution in [0.4, 0.5) is 11.4 Å². The Morgan fingerprint density at radius 2 is 1.97 bits per heavy atom. The van der Waals surface area contributed by atoms with Crippen LogP contribution in [0.5, 0.6) is 5.75 Å². The Bertz CT molecular complexity index is 941. The van der Waals surface area contributed by atoms with E-state index in [4.69, 9.17) is 4.74 Å². The molecule has 0 spiro atoms. The van der Waals surface area contributed by atoms with Crippen molar-refractivity contribution in [2.45, 2.75) is 32.7 Å². The van der Waals surface area contributed by atoms with Crippen LogP contribution in [-0.2, 0) is 9.59 Å². The van der Waals surface area contributed by atoms with E-state index >= 15 is 0 Å². The molecule has 3 rings (SSSR count). The standard InChI is InChI=1S/C22H25N3O4/c1-14-6-4-7-16(12-14)22(28)23-15(2)21(27)24-17-9-10-18(19(13-17)29-3)25-11-5-8-20(25)26/h4,6-7,9-10,12-13,15H,5,8,11H2,1-3H3,(H,23,28)(H,24,27)/t15-/m1/s1. The molecule has 0 unspecified atom stereocenters. The molecular weight excluding hydrogens is 370 g/mol. The summed E-state index contributed by atoms with van der Waals surface area (Å²) >= 11 is 0. The van der Waals surface area contributed by atoms with Crippen LogP contribution in [0, 0.1) is 6.92 Å². The van der Waals surface area contributed by atoms with Crippen LogP contribution < -0.4 is 20.3 Å². The summed E-state index contributed by atoms with van der Waals surface area (Å²) in [7, 11) is 1.52. The van der Waals surface area contributed by atoms with Crippen LogP contribution in [0.1, 0.15) is 35.7 Å². The van der Waals surface area contributed by atoms with E-state index in [9.17, 15) is 14.4 Å². The molecule has 152 valence electrons. The number of rotatable bonds is 6. The lowest BCUT2D eigenvalue weighted by Crippen LogP contribution is -2.41. The van der Waals surface area contributed by atoms with Crippen LogP contribution in [-0.4, -0.2) is 37.4 Å². The summed E-state index contributed by atoms with van der Waals surface area (Å²) in [5.41, 5.74) is 2.69. The fraction of sp³-hybridized carbons (Fsp3) is 0.318. The van der Waals surface area contributed by atoms with Gasteiger partial charge in [-0.25, -0.2) is 0 Å². The second-order valence-electron chi connectivity index (χ2n) is 7.09. The number of carbonyl (C=O) groups excluding carboxylic acids is 3. The number of hydrogen-bond donors (Lipinski definition) is 2. The summed E-state index contributed by atoms with van der Waals surface area (Å²) < 4.78 is 5.41. The lowest BCUT2D eigenvalue weighted by atomic mass is 10.1. The van der Waals surface area contributed by atoms with Gasteiger partial charge in [0.2, 0.25) is 11.8 Å². The number of hydrogen-bond acceptors (Lipinski definition) is 4. The molecule has 3 amide bonds. The molecule has 1 saturated heterocycles. The molecule has 0 saturated carbocycles. The molecule has 2 N–H and O–H groups in total. The van der Waals surface area contributed by atoms with Gasteiger partial charge in [-0.2, -0.15) is 0 Å². The van der Waals surface area contributed by atoms with E-state index < -0.39 is 6.04 Å². The number of amides is 3. The predicted molar refractivity (Wildman–Crippen MR) is 111 cm³/mol. The van der Waals surface area contributed by atoms with E-state index in [1.165, 1.54) is 7.11 Å². The highest BCUT2D eigenvalue weighted by Gasteiger charge is 2.25. The second-order valence-corrected chi connectivity index (χ2v) is 7.09. The Kier molecular flexibility index (Phi) is 6.16. The van der Waals surface area contributed by atoms with Gasteiger partial charge in [0.05, 0.1) is 12.8 Å². The summed E-state index contributed by atoms with van der Waals surface area (Å²) in [5, 5.41) is 5.48. The first-order valence-electron chi connectivity index (χ1n) is 9.56. The number of ether oxygens (including phenoxy) is 1. The number of anilines is 2. The van der Waals surface area contributed by atoms with Crippen LogP contribution in [0.25, 0.3) is 0 Å². The van der Waals surface area contributed by atoms with Crippen LogP contribution in [0.15, 0.2) is 42.5 Å². The first-order valence-corrected chi connectivity index (χ1v) is 9.56. The Labute approximate surface area is 170 Å². The molecule has 2 aromatic carbocycles. The fourth-order valence-electron chi connectivity index (χ4n) is 3.26. The zero-order chi connectivity index (χ0) is 21.0. The quantitative estimate of drug-likeness (QED) is 0.787. The minimum absolute atomic E-state index is 0.0626. The third-order valence-electron chi connectivity index (χ3n) is 4.83. The molecule has 29 heavy (non-hydrogen) atoms. The monoisotopic (exact) mass is 395 g/mol. The normalized spacial score (nSPS) is 14.4. The zero-order valence-electron chi connectivity index (χ0n) is 16.8. The van der Waals surface area contributed by atoms with Crippen molar-refractivity contribution < 1.29 is 19.1 Å². The van der Waals surface area contributed by atoms with Gasteiger partial charge in [0.15, 0.2) is 0 Å². The lowest BCUT2D eigenvalue weighted by Gasteiger charge is -2.20. The van der Waals surface area contributed by atoms with Crippen molar-refractivity contribution in [3.05, 3.63) is 53.6 Å². The van der Waals surface area contributed by atoms with Gasteiger partial charge in [0.1, 0.15) is 11.8 Å². The van der Waals surface area contributed by atoms with E-state index in [0.717, 1.165) is 12.0 Å². The van der Waals surface area contributed by atoms with Gasteiger partial charge >= 0.3 is 0 Å². The van der Waals surface area contributed by atoms with Gasteiger partial charge < -0.3 is 20.3 Å². The van der Waals surface area contributed by atoms with Gasteiger partial charge in [-0.1, -0.05) is 17.7 Å². The van der Waals surface area contributed by atoms with Crippen molar-refractivity contribution in [2.75, 3.05) is 23.9 Å². The van der Waals surface area contributed by atoms with Crippen LogP contribution >= 0.6 is 0 Å². The van der Waals surface area contributed by atoms with Crippen molar-refractivity contribution in [3.8, 4) is 5.75 Å². The fourth-order valence-corrected chi connectivity index (χ4v) is 3.26. The Morgan fingerprint density at radius 3 is 2.62 bits per heavy atom. The third-order valence-corrected chi connectivity index (χ3v) is 4.83. The molecule has 1 aliphatic rings. The molecule has 0 radical (unpaired) electrons. The minimum atomic E-state index is -0.728. The van der Waals surface area contributed by atoms with Crippen LogP contribution in [0.3, 0.4) is 0 Å². The van der Waals surface area contributed by atoms with Crippen molar-refractivity contribution in [3.63, 3.8) is 0 Å². The SMILES string of the molecule is COc1cc(NC(=O)[C@@H](C)NC(=O)c2cccc(C)c2)ccc1N1CCCC1=O. The number of methoxy groups -OCH3 is 1. The Balaban J connectivity index is 1.66. The van der Waals surface area contributed by atoms with Gasteiger partial charge in [0, 0.05) is 30.3 Å². The van der Waals surface area contributed by atoms with Gasteiger partial charge in [-0.15, -0.1) is 0 Å². The molecule has 0 aromatic heterocycles.